The van der Waals surface area contributed by atoms with Crippen LogP contribution in [0.3, 0.4) is 0 Å². The van der Waals surface area contributed by atoms with Crippen LogP contribution >= 0.6 is 0 Å². The van der Waals surface area contributed by atoms with Crippen LogP contribution < -0.4 is 0 Å². The van der Waals surface area contributed by atoms with Crippen LogP contribution in [-0.4, -0.2) is 0 Å². The maximum atomic E-state index is 2.37. The highest BCUT2D eigenvalue weighted by atomic mass is 14.3. The average Bonchev–Trinajstić information content (AvgIpc) is 3.22. The predicted molar refractivity (Wildman–Crippen MR) is 224 cm³/mol. The molecule has 0 amide bonds. The molecule has 0 bridgehead atoms. The highest BCUT2D eigenvalue weighted by molar-refractivity contribution is 6.44. The lowest BCUT2D eigenvalue weighted by Crippen LogP contribution is -1.99. The van der Waals surface area contributed by atoms with Gasteiger partial charge in [0, 0.05) is 0 Å². The van der Waals surface area contributed by atoms with Gasteiger partial charge in [0.25, 0.3) is 0 Å². The van der Waals surface area contributed by atoms with Crippen LogP contribution in [-0.2, 0) is 0 Å². The molecule has 0 spiro atoms. The summed E-state index contributed by atoms with van der Waals surface area (Å²) in [7, 11) is 0. The lowest BCUT2D eigenvalue weighted by molar-refractivity contribution is 1.64. The first kappa shape index (κ1) is 29.0. The molecular formula is C52H32. The molecule has 0 aromatic heterocycles. The second kappa shape index (κ2) is 11.4. The molecule has 0 unspecified atom stereocenters. The topological polar surface area (TPSA) is 0 Å². The summed E-state index contributed by atoms with van der Waals surface area (Å²) in [6, 6.07) is 71.8. The number of hydrogen-bond donors (Lipinski definition) is 0. The average molecular weight is 657 g/mol. The van der Waals surface area contributed by atoms with E-state index in [1.54, 1.807) is 0 Å². The van der Waals surface area contributed by atoms with E-state index in [1.807, 2.05) is 0 Å². The van der Waals surface area contributed by atoms with Crippen molar-refractivity contribution in [1.82, 2.24) is 0 Å². The van der Waals surface area contributed by atoms with Crippen LogP contribution in [0.4, 0.5) is 0 Å². The second-order valence-electron chi connectivity index (χ2n) is 13.9. The van der Waals surface area contributed by atoms with Crippen LogP contribution in [0.1, 0.15) is 0 Å². The monoisotopic (exact) mass is 656 g/mol. The highest BCUT2D eigenvalue weighted by Gasteiger charge is 2.28. The van der Waals surface area contributed by atoms with Gasteiger partial charge in [0.05, 0.1) is 0 Å². The zero-order chi connectivity index (χ0) is 34.2. The molecule has 0 atom stereocenters. The van der Waals surface area contributed by atoms with Gasteiger partial charge >= 0.3 is 0 Å². The van der Waals surface area contributed by atoms with Crippen LogP contribution in [0.25, 0.3) is 109 Å². The van der Waals surface area contributed by atoms with E-state index in [-0.39, 0.29) is 0 Å². The van der Waals surface area contributed by atoms with Gasteiger partial charge < -0.3 is 0 Å². The molecule has 0 saturated heterocycles. The number of hydrogen-bond acceptors (Lipinski definition) is 0. The van der Waals surface area contributed by atoms with E-state index in [0.717, 1.165) is 0 Å². The maximum Gasteiger partial charge on any atom is -0.000116 e. The third-order valence-electron chi connectivity index (χ3n) is 11.1. The Morgan fingerprint density at radius 1 is 0.173 bits per heavy atom. The van der Waals surface area contributed by atoms with E-state index < -0.39 is 0 Å². The van der Waals surface area contributed by atoms with Crippen molar-refractivity contribution in [1.29, 1.82) is 0 Å². The Morgan fingerprint density at radius 3 is 0.846 bits per heavy atom. The number of benzene rings is 11. The molecule has 0 aliphatic heterocycles. The number of rotatable bonds is 4. The Kier molecular flexibility index (Phi) is 6.35. The summed E-state index contributed by atoms with van der Waals surface area (Å²) >= 11 is 0. The predicted octanol–water partition coefficient (Wildman–Crippen LogP) is 14.7. The van der Waals surface area contributed by atoms with Gasteiger partial charge in [-0.25, -0.2) is 0 Å². The first-order valence-electron chi connectivity index (χ1n) is 18.1. The van der Waals surface area contributed by atoms with Crippen molar-refractivity contribution in [3.05, 3.63) is 194 Å². The Bertz CT molecular complexity index is 2910. The van der Waals surface area contributed by atoms with Gasteiger partial charge in [-0.05, 0) is 109 Å². The van der Waals surface area contributed by atoms with Crippen LogP contribution in [0.2, 0.25) is 0 Å². The molecule has 0 fully saturated rings. The summed E-state index contributed by atoms with van der Waals surface area (Å²) in [6.07, 6.45) is 0. The van der Waals surface area contributed by atoms with E-state index >= 15 is 0 Å². The number of fused-ring (bicyclic) bond motifs is 5. The first-order chi connectivity index (χ1) is 25.9. The Hall–Kier alpha value is -6.76. The minimum Gasteiger partial charge on any atom is -0.0622 e. The van der Waals surface area contributed by atoms with E-state index in [2.05, 4.69) is 194 Å². The summed E-state index contributed by atoms with van der Waals surface area (Å²) in [5.41, 5.74) is 9.99. The first-order valence-corrected chi connectivity index (χ1v) is 18.1. The molecule has 0 aliphatic rings. The molecule has 0 radical (unpaired) electrons. The lowest BCUT2D eigenvalue weighted by Gasteiger charge is -2.27. The van der Waals surface area contributed by atoms with Crippen LogP contribution in [0.15, 0.2) is 194 Å². The smallest absolute Gasteiger partial charge is 0.000116 e. The Morgan fingerprint density at radius 2 is 0.481 bits per heavy atom. The van der Waals surface area contributed by atoms with Crippen molar-refractivity contribution in [2.45, 2.75) is 0 Å². The van der Waals surface area contributed by atoms with Gasteiger partial charge in [0.15, 0.2) is 0 Å². The van der Waals surface area contributed by atoms with Crippen molar-refractivity contribution >= 4 is 64.6 Å². The molecule has 0 heteroatoms. The van der Waals surface area contributed by atoms with Crippen molar-refractivity contribution < 1.29 is 0 Å². The fraction of sp³-hybridized carbons (Fsp3) is 0. The van der Waals surface area contributed by atoms with Gasteiger partial charge in [0.1, 0.15) is 0 Å². The zero-order valence-electron chi connectivity index (χ0n) is 28.5. The van der Waals surface area contributed by atoms with Gasteiger partial charge in [-0.15, -0.1) is 0 Å². The summed E-state index contributed by atoms with van der Waals surface area (Å²) in [5, 5.41) is 15.5. The fourth-order valence-electron chi connectivity index (χ4n) is 9.15. The SMILES string of the molecule is c1ccc(-c2c3ccccc3c(-c3ccccc3)c3c(-c4ccccc4)c4c5cccc6ccc7cccc(c4c(-c4ccccc4)c23)c7c65)cc1. The molecule has 11 aromatic rings. The standard InChI is InChI=1S/C52H32/c1-5-17-33(18-6-1)43-39-27-13-14-28-40(39)44(34-19-7-2-8-20-34)52-48(36-23-11-4-12-24-36)50-42-30-16-26-38-32-31-37-25-15-29-41(45(37)46(38)42)49(50)47(51(43)52)35-21-9-3-10-22-35/h1-32H. The fourth-order valence-corrected chi connectivity index (χ4v) is 9.15. The minimum absolute atomic E-state index is 1.22. The van der Waals surface area contributed by atoms with Crippen molar-refractivity contribution in [2.24, 2.45) is 0 Å². The zero-order valence-corrected chi connectivity index (χ0v) is 28.5. The van der Waals surface area contributed by atoms with E-state index in [1.165, 1.54) is 109 Å². The van der Waals surface area contributed by atoms with Crippen molar-refractivity contribution in [3.63, 3.8) is 0 Å². The molecule has 0 aliphatic carbocycles. The molecule has 0 heterocycles. The Balaban J connectivity index is 1.59. The maximum absolute atomic E-state index is 2.37. The van der Waals surface area contributed by atoms with Crippen molar-refractivity contribution in [3.8, 4) is 44.5 Å². The quantitative estimate of drug-likeness (QED) is 0.131. The largest absolute Gasteiger partial charge is 0.0622 e. The normalized spacial score (nSPS) is 11.8. The second-order valence-corrected chi connectivity index (χ2v) is 13.9. The molecular weight excluding hydrogens is 625 g/mol. The third kappa shape index (κ3) is 4.10. The minimum atomic E-state index is 1.22. The molecule has 240 valence electrons. The summed E-state index contributed by atoms with van der Waals surface area (Å²) < 4.78 is 0. The van der Waals surface area contributed by atoms with Crippen molar-refractivity contribution in [2.75, 3.05) is 0 Å². The molecule has 0 saturated carbocycles. The third-order valence-corrected chi connectivity index (χ3v) is 11.1. The molecule has 11 rings (SSSR count). The molecule has 11 aromatic carbocycles. The highest BCUT2D eigenvalue weighted by Crippen LogP contribution is 2.56. The van der Waals surface area contributed by atoms with E-state index in [4.69, 9.17) is 0 Å². The molecule has 52 heavy (non-hydrogen) atoms. The van der Waals surface area contributed by atoms with E-state index in [9.17, 15) is 0 Å². The van der Waals surface area contributed by atoms with Gasteiger partial charge in [0.2, 0.25) is 0 Å². The Labute approximate surface area is 302 Å². The van der Waals surface area contributed by atoms with Crippen LogP contribution in [0, 0.1) is 0 Å². The lowest BCUT2D eigenvalue weighted by atomic mass is 9.75. The van der Waals surface area contributed by atoms with Gasteiger partial charge in [-0.3, -0.25) is 0 Å². The van der Waals surface area contributed by atoms with Gasteiger partial charge in [-0.2, -0.15) is 0 Å². The van der Waals surface area contributed by atoms with E-state index in [0.29, 0.717) is 0 Å². The summed E-state index contributed by atoms with van der Waals surface area (Å²) in [4.78, 5) is 0. The summed E-state index contributed by atoms with van der Waals surface area (Å²) in [6.45, 7) is 0. The molecule has 0 nitrogen and oxygen atoms in total. The molecule has 0 N–H and O–H groups in total. The summed E-state index contributed by atoms with van der Waals surface area (Å²) in [5.74, 6) is 0. The van der Waals surface area contributed by atoms with Gasteiger partial charge in [-0.1, -0.05) is 194 Å². The van der Waals surface area contributed by atoms with Crippen LogP contribution in [0.5, 0.6) is 0 Å².